The number of rotatable bonds is 2. The van der Waals surface area contributed by atoms with Crippen LogP contribution in [0, 0.1) is 0 Å². The van der Waals surface area contributed by atoms with E-state index in [0.717, 1.165) is 26.1 Å². The van der Waals surface area contributed by atoms with E-state index in [4.69, 9.17) is 4.74 Å². The van der Waals surface area contributed by atoms with Gasteiger partial charge in [0, 0.05) is 18.1 Å². The Morgan fingerprint density at radius 3 is 2.77 bits per heavy atom. The summed E-state index contributed by atoms with van der Waals surface area (Å²) in [7, 11) is 2.05. The Balaban J connectivity index is 2.23. The third-order valence-electron chi connectivity index (χ3n) is 2.82. The monoisotopic (exact) mass is 197 g/mol. The summed E-state index contributed by atoms with van der Waals surface area (Å²) in [6.07, 6.45) is 2.17. The maximum Gasteiger partial charge on any atom is 0.0570 e. The Morgan fingerprint density at radius 1 is 1.46 bits per heavy atom. The molecule has 1 aromatic rings. The van der Waals surface area contributed by atoms with Crippen molar-refractivity contribution >= 4 is 11.3 Å². The summed E-state index contributed by atoms with van der Waals surface area (Å²) in [4.78, 5) is 1.44. The largest absolute Gasteiger partial charge is 0.381 e. The molecule has 0 aliphatic carbocycles. The lowest BCUT2D eigenvalue weighted by atomic mass is 9.89. The highest BCUT2D eigenvalue weighted by Crippen LogP contribution is 2.34. The highest BCUT2D eigenvalue weighted by Gasteiger charge is 2.33. The summed E-state index contributed by atoms with van der Waals surface area (Å²) in [5, 5.41) is 5.59. The number of ether oxygens (including phenoxy) is 1. The van der Waals surface area contributed by atoms with Crippen LogP contribution in [0.25, 0.3) is 0 Å². The molecule has 1 N–H and O–H groups in total. The normalized spacial score (nSPS) is 21.6. The van der Waals surface area contributed by atoms with Crippen LogP contribution in [0.15, 0.2) is 17.5 Å². The lowest BCUT2D eigenvalue weighted by molar-refractivity contribution is 0.0412. The molecule has 13 heavy (non-hydrogen) atoms. The number of hydrogen-bond acceptors (Lipinski definition) is 3. The van der Waals surface area contributed by atoms with Crippen molar-refractivity contribution in [2.24, 2.45) is 0 Å². The summed E-state index contributed by atoms with van der Waals surface area (Å²) in [6, 6.07) is 4.33. The van der Waals surface area contributed by atoms with E-state index in [9.17, 15) is 0 Å². The fraction of sp³-hybridized carbons (Fsp3) is 0.600. The van der Waals surface area contributed by atoms with Gasteiger partial charge in [-0.1, -0.05) is 6.07 Å². The minimum absolute atomic E-state index is 0.187. The van der Waals surface area contributed by atoms with Crippen molar-refractivity contribution in [3.63, 3.8) is 0 Å². The molecule has 1 aliphatic heterocycles. The van der Waals surface area contributed by atoms with Crippen molar-refractivity contribution in [2.45, 2.75) is 18.4 Å². The maximum atomic E-state index is 5.39. The van der Waals surface area contributed by atoms with Crippen LogP contribution in [0.1, 0.15) is 17.7 Å². The quantitative estimate of drug-likeness (QED) is 0.782. The Kier molecular flexibility index (Phi) is 2.67. The van der Waals surface area contributed by atoms with Crippen molar-refractivity contribution in [1.29, 1.82) is 0 Å². The van der Waals surface area contributed by atoms with Gasteiger partial charge in [0.05, 0.1) is 5.54 Å². The molecule has 2 rings (SSSR count). The second-order valence-corrected chi connectivity index (χ2v) is 4.37. The Hall–Kier alpha value is -0.380. The van der Waals surface area contributed by atoms with Gasteiger partial charge in [-0.05, 0) is 31.3 Å². The predicted octanol–water partition coefficient (Wildman–Crippen LogP) is 1.97. The molecule has 0 aromatic carbocycles. The van der Waals surface area contributed by atoms with Crippen LogP contribution < -0.4 is 5.32 Å². The van der Waals surface area contributed by atoms with Crippen LogP contribution in [-0.2, 0) is 10.3 Å². The topological polar surface area (TPSA) is 21.3 Å². The fourth-order valence-corrected chi connectivity index (χ4v) is 2.88. The van der Waals surface area contributed by atoms with Crippen LogP contribution >= 0.6 is 11.3 Å². The van der Waals surface area contributed by atoms with Gasteiger partial charge in [-0.25, -0.2) is 0 Å². The molecular weight excluding hydrogens is 182 g/mol. The maximum absolute atomic E-state index is 5.39. The molecule has 3 heteroatoms. The molecule has 2 heterocycles. The molecule has 1 aliphatic rings. The Labute approximate surface area is 82.9 Å². The molecule has 2 nitrogen and oxygen atoms in total. The average molecular weight is 197 g/mol. The summed E-state index contributed by atoms with van der Waals surface area (Å²) < 4.78 is 5.39. The summed E-state index contributed by atoms with van der Waals surface area (Å²) in [6.45, 7) is 1.75. The van der Waals surface area contributed by atoms with Gasteiger partial charge in [-0.3, -0.25) is 0 Å². The van der Waals surface area contributed by atoms with Crippen molar-refractivity contribution in [2.75, 3.05) is 20.3 Å². The first kappa shape index (κ1) is 9.19. The van der Waals surface area contributed by atoms with E-state index >= 15 is 0 Å². The smallest absolute Gasteiger partial charge is 0.0570 e. The molecule has 0 unspecified atom stereocenters. The lowest BCUT2D eigenvalue weighted by Crippen LogP contribution is -2.44. The van der Waals surface area contributed by atoms with Crippen LogP contribution in [0.2, 0.25) is 0 Å². The first-order chi connectivity index (χ1) is 6.37. The number of hydrogen-bond donors (Lipinski definition) is 1. The van der Waals surface area contributed by atoms with Crippen LogP contribution in [0.3, 0.4) is 0 Å². The van der Waals surface area contributed by atoms with E-state index in [1.807, 2.05) is 18.4 Å². The first-order valence-corrected chi connectivity index (χ1v) is 5.56. The van der Waals surface area contributed by atoms with Crippen molar-refractivity contribution in [3.05, 3.63) is 22.4 Å². The number of thiophene rings is 1. The van der Waals surface area contributed by atoms with Gasteiger partial charge in [-0.15, -0.1) is 11.3 Å². The third kappa shape index (κ3) is 1.64. The highest BCUT2D eigenvalue weighted by molar-refractivity contribution is 7.10. The van der Waals surface area contributed by atoms with Crippen LogP contribution in [0.5, 0.6) is 0 Å². The molecule has 0 bridgehead atoms. The Morgan fingerprint density at radius 2 is 2.23 bits per heavy atom. The molecule has 0 radical (unpaired) electrons. The summed E-state index contributed by atoms with van der Waals surface area (Å²) >= 11 is 1.83. The van der Waals surface area contributed by atoms with Crippen molar-refractivity contribution in [1.82, 2.24) is 5.32 Å². The van der Waals surface area contributed by atoms with E-state index in [-0.39, 0.29) is 5.54 Å². The molecule has 0 spiro atoms. The summed E-state index contributed by atoms with van der Waals surface area (Å²) in [5.41, 5.74) is 0.187. The molecule has 0 saturated carbocycles. The van der Waals surface area contributed by atoms with Crippen molar-refractivity contribution in [3.8, 4) is 0 Å². The summed E-state index contributed by atoms with van der Waals surface area (Å²) in [5.74, 6) is 0. The van der Waals surface area contributed by atoms with E-state index in [0.29, 0.717) is 0 Å². The van der Waals surface area contributed by atoms with Gasteiger partial charge < -0.3 is 10.1 Å². The lowest BCUT2D eigenvalue weighted by Gasteiger charge is -2.36. The Bertz CT molecular complexity index is 252. The van der Waals surface area contributed by atoms with Crippen LogP contribution in [-0.4, -0.2) is 20.3 Å². The van der Waals surface area contributed by atoms with E-state index < -0.39 is 0 Å². The van der Waals surface area contributed by atoms with Gasteiger partial charge in [0.2, 0.25) is 0 Å². The zero-order chi connectivity index (χ0) is 9.15. The second kappa shape index (κ2) is 3.78. The zero-order valence-corrected chi connectivity index (χ0v) is 8.69. The second-order valence-electron chi connectivity index (χ2n) is 3.42. The average Bonchev–Trinajstić information content (AvgIpc) is 2.72. The fourth-order valence-electron chi connectivity index (χ4n) is 1.89. The minimum atomic E-state index is 0.187. The predicted molar refractivity (Wildman–Crippen MR) is 55.1 cm³/mol. The van der Waals surface area contributed by atoms with Gasteiger partial charge in [0.1, 0.15) is 0 Å². The zero-order valence-electron chi connectivity index (χ0n) is 7.88. The third-order valence-corrected chi connectivity index (χ3v) is 3.89. The SMILES string of the molecule is CNC1(c2cccs2)CCOCC1. The van der Waals surface area contributed by atoms with Crippen molar-refractivity contribution < 1.29 is 4.74 Å². The first-order valence-electron chi connectivity index (χ1n) is 4.68. The highest BCUT2D eigenvalue weighted by atomic mass is 32.1. The molecule has 0 amide bonds. The standard InChI is InChI=1S/C10H15NOS/c1-11-10(4-6-12-7-5-10)9-3-2-8-13-9/h2-3,8,11H,4-7H2,1H3. The van der Waals surface area contributed by atoms with Gasteiger partial charge >= 0.3 is 0 Å². The van der Waals surface area contributed by atoms with Gasteiger partial charge in [-0.2, -0.15) is 0 Å². The molecule has 1 saturated heterocycles. The molecular formula is C10H15NOS. The van der Waals surface area contributed by atoms with E-state index in [2.05, 4.69) is 22.8 Å². The van der Waals surface area contributed by atoms with E-state index in [1.165, 1.54) is 4.88 Å². The van der Waals surface area contributed by atoms with E-state index in [1.54, 1.807) is 0 Å². The van der Waals surface area contributed by atoms with Crippen LogP contribution in [0.4, 0.5) is 0 Å². The molecule has 72 valence electrons. The van der Waals surface area contributed by atoms with Gasteiger partial charge in [0.15, 0.2) is 0 Å². The molecule has 1 aromatic heterocycles. The molecule has 0 atom stereocenters. The number of nitrogens with one attached hydrogen (secondary N) is 1. The van der Waals surface area contributed by atoms with Gasteiger partial charge in [0.25, 0.3) is 0 Å². The molecule has 1 fully saturated rings. The minimum Gasteiger partial charge on any atom is -0.381 e.